The largest absolute Gasteiger partial charge is 0.306 e. The first-order valence-electron chi connectivity index (χ1n) is 7.79. The van der Waals surface area contributed by atoms with Crippen LogP contribution in [0.2, 0.25) is 0 Å². The molecule has 116 valence electrons. The van der Waals surface area contributed by atoms with Crippen molar-refractivity contribution in [2.45, 2.75) is 45.2 Å². The Morgan fingerprint density at radius 2 is 1.81 bits per heavy atom. The molecule has 0 saturated carbocycles. The predicted molar refractivity (Wildman–Crippen MR) is 84.4 cm³/mol. The van der Waals surface area contributed by atoms with Crippen LogP contribution in [0.5, 0.6) is 0 Å². The fourth-order valence-corrected chi connectivity index (χ4v) is 2.99. The molecule has 5 nitrogen and oxygen atoms in total. The third-order valence-corrected chi connectivity index (χ3v) is 4.12. The van der Waals surface area contributed by atoms with Gasteiger partial charge in [-0.1, -0.05) is 18.6 Å². The summed E-state index contributed by atoms with van der Waals surface area (Å²) in [5, 5.41) is 14.2. The number of nitro benzene ring substituents is 1. The van der Waals surface area contributed by atoms with Crippen LogP contribution < -0.4 is 5.32 Å². The topological polar surface area (TPSA) is 58.4 Å². The van der Waals surface area contributed by atoms with E-state index in [1.165, 1.54) is 32.4 Å². The summed E-state index contributed by atoms with van der Waals surface area (Å²) in [7, 11) is 0. The molecule has 0 spiro atoms. The molecule has 0 radical (unpaired) electrons. The molecule has 1 aromatic carbocycles. The van der Waals surface area contributed by atoms with Crippen molar-refractivity contribution in [2.75, 3.05) is 19.6 Å². The Labute approximate surface area is 126 Å². The summed E-state index contributed by atoms with van der Waals surface area (Å²) in [4.78, 5) is 12.8. The molecule has 2 rings (SSSR count). The van der Waals surface area contributed by atoms with Gasteiger partial charge in [0.25, 0.3) is 5.69 Å². The maximum atomic E-state index is 10.7. The second-order valence-corrected chi connectivity index (χ2v) is 6.00. The Kier molecular flexibility index (Phi) is 5.70. The van der Waals surface area contributed by atoms with Crippen molar-refractivity contribution in [1.29, 1.82) is 0 Å². The molecule has 0 bridgehead atoms. The van der Waals surface area contributed by atoms with Crippen LogP contribution >= 0.6 is 0 Å². The molecule has 0 aliphatic carbocycles. The SMILES string of the molecule is CC(CN1CCCCC1)NC(C)c1ccc([N+](=O)[O-])cc1. The number of non-ortho nitro benzene ring substituents is 1. The van der Waals surface area contributed by atoms with Gasteiger partial charge >= 0.3 is 0 Å². The Morgan fingerprint density at radius 1 is 1.19 bits per heavy atom. The van der Waals surface area contributed by atoms with E-state index in [0.717, 1.165) is 12.1 Å². The lowest BCUT2D eigenvalue weighted by atomic mass is 10.1. The Bertz CT molecular complexity index is 455. The van der Waals surface area contributed by atoms with Crippen molar-refractivity contribution < 1.29 is 4.92 Å². The minimum absolute atomic E-state index is 0.146. The number of hydrogen-bond acceptors (Lipinski definition) is 4. The van der Waals surface area contributed by atoms with Crippen LogP contribution in [-0.2, 0) is 0 Å². The summed E-state index contributed by atoms with van der Waals surface area (Å²) >= 11 is 0. The van der Waals surface area contributed by atoms with E-state index in [1.54, 1.807) is 12.1 Å². The Balaban J connectivity index is 1.84. The quantitative estimate of drug-likeness (QED) is 0.646. The molecule has 1 aliphatic heterocycles. The lowest BCUT2D eigenvalue weighted by molar-refractivity contribution is -0.384. The fraction of sp³-hybridized carbons (Fsp3) is 0.625. The molecule has 21 heavy (non-hydrogen) atoms. The molecule has 2 unspecified atom stereocenters. The van der Waals surface area contributed by atoms with Crippen molar-refractivity contribution in [1.82, 2.24) is 10.2 Å². The summed E-state index contributed by atoms with van der Waals surface area (Å²) in [6.45, 7) is 7.79. The van der Waals surface area contributed by atoms with E-state index in [9.17, 15) is 10.1 Å². The minimum atomic E-state index is -0.360. The van der Waals surface area contributed by atoms with Gasteiger partial charge in [0.1, 0.15) is 0 Å². The van der Waals surface area contributed by atoms with E-state index >= 15 is 0 Å². The molecule has 2 atom stereocenters. The zero-order valence-electron chi connectivity index (χ0n) is 12.9. The Morgan fingerprint density at radius 3 is 2.38 bits per heavy atom. The van der Waals surface area contributed by atoms with Gasteiger partial charge in [0.15, 0.2) is 0 Å². The van der Waals surface area contributed by atoms with Gasteiger partial charge in [0.05, 0.1) is 4.92 Å². The number of hydrogen-bond donors (Lipinski definition) is 1. The van der Waals surface area contributed by atoms with Crippen molar-refractivity contribution in [3.63, 3.8) is 0 Å². The first kappa shape index (κ1) is 15.9. The van der Waals surface area contributed by atoms with E-state index in [0.29, 0.717) is 6.04 Å². The average Bonchev–Trinajstić information content (AvgIpc) is 2.48. The molecule has 1 saturated heterocycles. The van der Waals surface area contributed by atoms with Gasteiger partial charge in [-0.3, -0.25) is 10.1 Å². The van der Waals surface area contributed by atoms with E-state index in [-0.39, 0.29) is 16.7 Å². The number of rotatable bonds is 6. The molecule has 1 fully saturated rings. The number of nitro groups is 1. The zero-order valence-corrected chi connectivity index (χ0v) is 12.9. The van der Waals surface area contributed by atoms with Crippen LogP contribution in [0.4, 0.5) is 5.69 Å². The highest BCUT2D eigenvalue weighted by Gasteiger charge is 2.16. The van der Waals surface area contributed by atoms with E-state index in [1.807, 2.05) is 12.1 Å². The maximum Gasteiger partial charge on any atom is 0.269 e. The normalized spacial score (nSPS) is 19.1. The number of nitrogens with one attached hydrogen (secondary N) is 1. The molecule has 0 amide bonds. The third kappa shape index (κ3) is 4.79. The second kappa shape index (κ2) is 7.52. The first-order chi connectivity index (χ1) is 10.1. The molecule has 1 aromatic rings. The van der Waals surface area contributed by atoms with Gasteiger partial charge in [-0.25, -0.2) is 0 Å². The maximum absolute atomic E-state index is 10.7. The van der Waals surface area contributed by atoms with Crippen molar-refractivity contribution in [3.05, 3.63) is 39.9 Å². The van der Waals surface area contributed by atoms with E-state index < -0.39 is 0 Å². The molecular formula is C16H25N3O2. The monoisotopic (exact) mass is 291 g/mol. The van der Waals surface area contributed by atoms with Gasteiger partial charge in [-0.2, -0.15) is 0 Å². The average molecular weight is 291 g/mol. The van der Waals surface area contributed by atoms with Crippen LogP contribution in [0, 0.1) is 10.1 Å². The van der Waals surface area contributed by atoms with Crippen LogP contribution in [0.3, 0.4) is 0 Å². The number of benzene rings is 1. The number of nitrogens with zero attached hydrogens (tertiary/aromatic N) is 2. The van der Waals surface area contributed by atoms with Crippen molar-refractivity contribution >= 4 is 5.69 Å². The smallest absolute Gasteiger partial charge is 0.269 e. The standard InChI is InChI=1S/C16H25N3O2/c1-13(12-18-10-4-3-5-11-18)17-14(2)15-6-8-16(9-7-15)19(20)21/h6-9,13-14,17H,3-5,10-12H2,1-2H3. The highest BCUT2D eigenvalue weighted by molar-refractivity contribution is 5.34. The van der Waals surface area contributed by atoms with Gasteiger partial charge in [-0.05, 0) is 45.3 Å². The molecule has 0 aromatic heterocycles. The summed E-state index contributed by atoms with van der Waals surface area (Å²) in [6.07, 6.45) is 3.98. The number of likely N-dealkylation sites (tertiary alicyclic amines) is 1. The van der Waals surface area contributed by atoms with Crippen LogP contribution in [0.1, 0.15) is 44.7 Å². The summed E-state index contributed by atoms with van der Waals surface area (Å²) < 4.78 is 0. The number of piperidine rings is 1. The van der Waals surface area contributed by atoms with Gasteiger partial charge in [0.2, 0.25) is 0 Å². The lowest BCUT2D eigenvalue weighted by Crippen LogP contribution is -2.42. The summed E-state index contributed by atoms with van der Waals surface area (Å²) in [6, 6.07) is 7.43. The Hall–Kier alpha value is -1.46. The molecule has 1 N–H and O–H groups in total. The minimum Gasteiger partial charge on any atom is -0.306 e. The highest BCUT2D eigenvalue weighted by Crippen LogP contribution is 2.18. The highest BCUT2D eigenvalue weighted by atomic mass is 16.6. The van der Waals surface area contributed by atoms with Crippen molar-refractivity contribution in [2.24, 2.45) is 0 Å². The molecule has 1 heterocycles. The van der Waals surface area contributed by atoms with Gasteiger partial charge in [-0.15, -0.1) is 0 Å². The third-order valence-electron chi connectivity index (χ3n) is 4.12. The van der Waals surface area contributed by atoms with Gasteiger partial charge in [0, 0.05) is 30.8 Å². The summed E-state index contributed by atoms with van der Waals surface area (Å²) in [5.41, 5.74) is 1.23. The first-order valence-corrected chi connectivity index (χ1v) is 7.79. The lowest BCUT2D eigenvalue weighted by Gasteiger charge is -2.30. The second-order valence-electron chi connectivity index (χ2n) is 6.00. The molecular weight excluding hydrogens is 266 g/mol. The van der Waals surface area contributed by atoms with E-state index in [2.05, 4.69) is 24.1 Å². The van der Waals surface area contributed by atoms with Crippen LogP contribution in [0.25, 0.3) is 0 Å². The molecule has 1 aliphatic rings. The van der Waals surface area contributed by atoms with Crippen molar-refractivity contribution in [3.8, 4) is 0 Å². The summed E-state index contributed by atoms with van der Waals surface area (Å²) in [5.74, 6) is 0. The zero-order chi connectivity index (χ0) is 15.2. The molecule has 5 heteroatoms. The predicted octanol–water partition coefficient (Wildman–Crippen LogP) is 3.12. The fourth-order valence-electron chi connectivity index (χ4n) is 2.99. The van der Waals surface area contributed by atoms with Crippen LogP contribution in [-0.4, -0.2) is 35.5 Å². The van der Waals surface area contributed by atoms with Gasteiger partial charge < -0.3 is 10.2 Å². The van der Waals surface area contributed by atoms with Crippen LogP contribution in [0.15, 0.2) is 24.3 Å². The van der Waals surface area contributed by atoms with E-state index in [4.69, 9.17) is 0 Å².